The number of amides is 1. The van der Waals surface area contributed by atoms with Crippen LogP contribution in [0.2, 0.25) is 0 Å². The highest BCUT2D eigenvalue weighted by Gasteiger charge is 2.18. The first-order valence-electron chi connectivity index (χ1n) is 9.27. The fourth-order valence-electron chi connectivity index (χ4n) is 2.87. The van der Waals surface area contributed by atoms with Crippen molar-refractivity contribution in [1.29, 1.82) is 0 Å². The molecule has 0 radical (unpaired) electrons. The molecule has 3 aromatic carbocycles. The predicted octanol–water partition coefficient (Wildman–Crippen LogP) is 3.93. The summed E-state index contributed by atoms with van der Waals surface area (Å²) in [6.45, 7) is 0.934. The zero-order valence-corrected chi connectivity index (χ0v) is 16.5. The summed E-state index contributed by atoms with van der Waals surface area (Å²) in [7, 11) is 0. The number of anilines is 1. The lowest BCUT2D eigenvalue weighted by Gasteiger charge is -2.11. The van der Waals surface area contributed by atoms with Crippen molar-refractivity contribution in [2.24, 2.45) is 0 Å². The van der Waals surface area contributed by atoms with Crippen molar-refractivity contribution < 1.29 is 24.0 Å². The van der Waals surface area contributed by atoms with Crippen molar-refractivity contribution in [3.8, 4) is 0 Å². The minimum absolute atomic E-state index is 0.0373. The third-order valence-electron chi connectivity index (χ3n) is 4.46. The molecule has 31 heavy (non-hydrogen) atoms. The van der Waals surface area contributed by atoms with Gasteiger partial charge in [-0.1, -0.05) is 48.5 Å². The van der Waals surface area contributed by atoms with E-state index in [-0.39, 0.29) is 22.7 Å². The van der Waals surface area contributed by atoms with Gasteiger partial charge in [-0.25, -0.2) is 4.79 Å². The number of carbonyl (C=O) groups is 3. The molecule has 0 saturated heterocycles. The van der Waals surface area contributed by atoms with Crippen LogP contribution in [-0.4, -0.2) is 29.2 Å². The Hall–Kier alpha value is -4.33. The number of carbonyl (C=O) groups excluding carboxylic acids is 3. The van der Waals surface area contributed by atoms with Gasteiger partial charge >= 0.3 is 5.97 Å². The molecular formula is C23H18N2O6. The molecule has 0 aliphatic rings. The van der Waals surface area contributed by atoms with Crippen LogP contribution in [0, 0.1) is 17.0 Å². The molecule has 3 rings (SSSR count). The Morgan fingerprint density at radius 2 is 1.61 bits per heavy atom. The van der Waals surface area contributed by atoms with Gasteiger partial charge in [-0.05, 0) is 25.1 Å². The maximum Gasteiger partial charge on any atom is 0.338 e. The van der Waals surface area contributed by atoms with Gasteiger partial charge in [-0.15, -0.1) is 0 Å². The highest BCUT2D eigenvalue weighted by molar-refractivity contribution is 6.14. The number of esters is 1. The second-order valence-corrected chi connectivity index (χ2v) is 6.62. The van der Waals surface area contributed by atoms with Crippen LogP contribution in [0.15, 0.2) is 72.8 Å². The largest absolute Gasteiger partial charge is 0.452 e. The number of hydrogen-bond acceptors (Lipinski definition) is 6. The summed E-state index contributed by atoms with van der Waals surface area (Å²) in [4.78, 5) is 47.6. The standard InChI is InChI=1S/C23H18N2O6/c1-15-11-12-17(13-20(15)25(29)30)23(28)31-14-21(26)24-19-10-6-5-9-18(19)22(27)16-7-3-2-4-8-16/h2-13H,14H2,1H3,(H,24,26). The molecule has 0 aliphatic heterocycles. The van der Waals surface area contributed by atoms with E-state index in [0.717, 1.165) is 6.07 Å². The van der Waals surface area contributed by atoms with Crippen molar-refractivity contribution in [1.82, 2.24) is 0 Å². The average Bonchev–Trinajstić information content (AvgIpc) is 2.78. The third-order valence-corrected chi connectivity index (χ3v) is 4.46. The maximum atomic E-state index is 12.7. The molecule has 3 aromatic rings. The van der Waals surface area contributed by atoms with Crippen LogP contribution in [0.4, 0.5) is 11.4 Å². The van der Waals surface area contributed by atoms with Crippen molar-refractivity contribution in [3.63, 3.8) is 0 Å². The molecular weight excluding hydrogens is 400 g/mol. The zero-order valence-electron chi connectivity index (χ0n) is 16.5. The number of hydrogen-bond donors (Lipinski definition) is 1. The molecule has 0 unspecified atom stereocenters. The Bertz CT molecular complexity index is 1160. The van der Waals surface area contributed by atoms with Crippen molar-refractivity contribution in [2.45, 2.75) is 6.92 Å². The number of ketones is 1. The molecule has 0 spiro atoms. The lowest BCUT2D eigenvalue weighted by atomic mass is 10.0. The summed E-state index contributed by atoms with van der Waals surface area (Å²) in [6.07, 6.45) is 0. The number of nitrogens with zero attached hydrogens (tertiary/aromatic N) is 1. The Morgan fingerprint density at radius 3 is 2.32 bits per heavy atom. The summed E-state index contributed by atoms with van der Waals surface area (Å²) in [5.41, 5.74) is 1.19. The molecule has 0 aliphatic carbocycles. The van der Waals surface area contributed by atoms with E-state index in [9.17, 15) is 24.5 Å². The Balaban J connectivity index is 1.67. The molecule has 1 N–H and O–H groups in total. The van der Waals surface area contributed by atoms with E-state index < -0.39 is 23.4 Å². The van der Waals surface area contributed by atoms with Gasteiger partial charge in [-0.3, -0.25) is 19.7 Å². The number of rotatable bonds is 7. The van der Waals surface area contributed by atoms with E-state index in [1.807, 2.05) is 0 Å². The second kappa shape index (κ2) is 9.45. The number of ether oxygens (including phenoxy) is 1. The summed E-state index contributed by atoms with van der Waals surface area (Å²) < 4.78 is 4.96. The number of aryl methyl sites for hydroxylation is 1. The highest BCUT2D eigenvalue weighted by Crippen LogP contribution is 2.21. The van der Waals surface area contributed by atoms with Gasteiger partial charge < -0.3 is 10.1 Å². The first-order valence-corrected chi connectivity index (χ1v) is 9.27. The van der Waals surface area contributed by atoms with Crippen molar-refractivity contribution >= 4 is 29.0 Å². The fraction of sp³-hybridized carbons (Fsp3) is 0.0870. The number of benzene rings is 3. The van der Waals surface area contributed by atoms with Gasteiger partial charge in [0.05, 0.1) is 16.2 Å². The normalized spacial score (nSPS) is 10.2. The van der Waals surface area contributed by atoms with Crippen molar-refractivity contribution in [3.05, 3.63) is 105 Å². The average molecular weight is 418 g/mol. The lowest BCUT2D eigenvalue weighted by Crippen LogP contribution is -2.22. The van der Waals surface area contributed by atoms with E-state index in [0.29, 0.717) is 16.7 Å². The second-order valence-electron chi connectivity index (χ2n) is 6.62. The van der Waals surface area contributed by atoms with Gasteiger partial charge in [0.2, 0.25) is 0 Å². The van der Waals surface area contributed by atoms with Gasteiger partial charge in [0.25, 0.3) is 11.6 Å². The molecule has 0 fully saturated rings. The van der Waals surface area contributed by atoms with E-state index in [2.05, 4.69) is 5.32 Å². The molecule has 0 aromatic heterocycles. The summed E-state index contributed by atoms with van der Waals surface area (Å²) in [5, 5.41) is 13.6. The number of nitro groups is 1. The van der Waals surface area contributed by atoms with Crippen LogP contribution in [0.3, 0.4) is 0 Å². The first kappa shape index (κ1) is 21.4. The Kier molecular flexibility index (Phi) is 6.51. The molecule has 1 amide bonds. The van der Waals surface area contributed by atoms with E-state index in [1.54, 1.807) is 61.5 Å². The quantitative estimate of drug-likeness (QED) is 0.269. The Labute approximate surface area is 177 Å². The molecule has 0 bridgehead atoms. The minimum atomic E-state index is -0.869. The monoisotopic (exact) mass is 418 g/mol. The topological polar surface area (TPSA) is 116 Å². The molecule has 8 nitrogen and oxygen atoms in total. The van der Waals surface area contributed by atoms with E-state index in [4.69, 9.17) is 4.74 Å². The van der Waals surface area contributed by atoms with E-state index in [1.165, 1.54) is 12.1 Å². The van der Waals surface area contributed by atoms with Crippen molar-refractivity contribution in [2.75, 3.05) is 11.9 Å². The summed E-state index contributed by atoms with van der Waals surface area (Å²) in [6, 6.07) is 19.0. The van der Waals surface area contributed by atoms with E-state index >= 15 is 0 Å². The van der Waals surface area contributed by atoms with Crippen LogP contribution in [0.5, 0.6) is 0 Å². The minimum Gasteiger partial charge on any atom is -0.452 e. The van der Waals surface area contributed by atoms with Crippen LogP contribution < -0.4 is 5.32 Å². The lowest BCUT2D eigenvalue weighted by molar-refractivity contribution is -0.385. The predicted molar refractivity (Wildman–Crippen MR) is 113 cm³/mol. The molecule has 0 atom stereocenters. The number of para-hydroxylation sites is 1. The number of nitrogens with one attached hydrogen (secondary N) is 1. The molecule has 156 valence electrons. The SMILES string of the molecule is Cc1ccc(C(=O)OCC(=O)Nc2ccccc2C(=O)c2ccccc2)cc1[N+](=O)[O-]. The zero-order chi connectivity index (χ0) is 22.4. The summed E-state index contributed by atoms with van der Waals surface area (Å²) in [5.74, 6) is -1.78. The molecule has 0 saturated carbocycles. The number of nitro benzene ring substituents is 1. The third kappa shape index (κ3) is 5.18. The fourth-order valence-corrected chi connectivity index (χ4v) is 2.87. The van der Waals surface area contributed by atoms with Gasteiger partial charge in [0.1, 0.15) is 0 Å². The maximum absolute atomic E-state index is 12.7. The molecule has 8 heteroatoms. The first-order chi connectivity index (χ1) is 14.9. The van der Waals surface area contributed by atoms with Gasteiger partial charge in [0, 0.05) is 22.8 Å². The summed E-state index contributed by atoms with van der Waals surface area (Å²) >= 11 is 0. The highest BCUT2D eigenvalue weighted by atomic mass is 16.6. The van der Waals surface area contributed by atoms with Gasteiger partial charge in [0.15, 0.2) is 12.4 Å². The van der Waals surface area contributed by atoms with Gasteiger partial charge in [-0.2, -0.15) is 0 Å². The molecule has 0 heterocycles. The van der Waals surface area contributed by atoms with Crippen LogP contribution in [-0.2, 0) is 9.53 Å². The van der Waals surface area contributed by atoms with Crippen LogP contribution in [0.25, 0.3) is 0 Å². The van der Waals surface area contributed by atoms with Crippen LogP contribution in [0.1, 0.15) is 31.8 Å². The Morgan fingerprint density at radius 1 is 0.935 bits per heavy atom. The smallest absolute Gasteiger partial charge is 0.338 e. The van der Waals surface area contributed by atoms with Crippen LogP contribution >= 0.6 is 0 Å².